The first-order valence-electron chi connectivity index (χ1n) is 6.75. The standard InChI is InChI=1S/C13H18N6O/c1-18-6-4-11(17-18)16-13(20)15-8-10-2-3-12-14-5-7-19(12)9-10/h4-7,10H,2-3,8-9H2,1H3,(H2,15,16,17,20)/t10-/m1/s1. The number of nitrogens with one attached hydrogen (secondary N) is 2. The first-order valence-corrected chi connectivity index (χ1v) is 6.75. The van der Waals surface area contributed by atoms with Gasteiger partial charge in [-0.1, -0.05) is 0 Å². The SMILES string of the molecule is Cn1ccc(NC(=O)NC[C@H]2CCc3nccn3C2)n1. The number of hydrogen-bond donors (Lipinski definition) is 2. The maximum atomic E-state index is 11.8. The number of aryl methyl sites for hydroxylation is 2. The molecule has 1 aliphatic heterocycles. The minimum Gasteiger partial charge on any atom is -0.337 e. The van der Waals surface area contributed by atoms with Crippen LogP contribution in [0.3, 0.4) is 0 Å². The topological polar surface area (TPSA) is 76.8 Å². The van der Waals surface area contributed by atoms with E-state index in [0.29, 0.717) is 18.3 Å². The van der Waals surface area contributed by atoms with Gasteiger partial charge in [-0.25, -0.2) is 9.78 Å². The zero-order valence-electron chi connectivity index (χ0n) is 11.4. The summed E-state index contributed by atoms with van der Waals surface area (Å²) in [5, 5.41) is 9.72. The lowest BCUT2D eigenvalue weighted by Crippen LogP contribution is -2.36. The molecule has 0 bridgehead atoms. The number of urea groups is 1. The fraction of sp³-hybridized carbons (Fsp3) is 0.462. The van der Waals surface area contributed by atoms with E-state index in [9.17, 15) is 4.79 Å². The fourth-order valence-corrected chi connectivity index (χ4v) is 2.48. The predicted octanol–water partition coefficient (Wildman–Crippen LogP) is 1.00. The molecule has 2 aromatic heterocycles. The summed E-state index contributed by atoms with van der Waals surface area (Å²) >= 11 is 0. The third kappa shape index (κ3) is 2.81. The van der Waals surface area contributed by atoms with Crippen molar-refractivity contribution in [2.45, 2.75) is 19.4 Å². The Balaban J connectivity index is 1.47. The van der Waals surface area contributed by atoms with Gasteiger partial charge in [-0.05, 0) is 12.3 Å². The normalized spacial score (nSPS) is 17.6. The third-order valence-corrected chi connectivity index (χ3v) is 3.54. The van der Waals surface area contributed by atoms with Gasteiger partial charge in [-0.2, -0.15) is 5.10 Å². The van der Waals surface area contributed by atoms with Crippen LogP contribution in [-0.2, 0) is 20.0 Å². The molecule has 0 aromatic carbocycles. The maximum Gasteiger partial charge on any atom is 0.320 e. The van der Waals surface area contributed by atoms with Crippen molar-refractivity contribution in [1.82, 2.24) is 24.6 Å². The summed E-state index contributed by atoms with van der Waals surface area (Å²) in [6.45, 7) is 1.58. The quantitative estimate of drug-likeness (QED) is 0.876. The summed E-state index contributed by atoms with van der Waals surface area (Å²) in [6.07, 6.45) is 7.65. The highest BCUT2D eigenvalue weighted by Crippen LogP contribution is 2.17. The first kappa shape index (κ1) is 12.7. The summed E-state index contributed by atoms with van der Waals surface area (Å²) in [4.78, 5) is 16.1. The van der Waals surface area contributed by atoms with Crippen LogP contribution in [0.1, 0.15) is 12.2 Å². The number of nitrogens with zero attached hydrogens (tertiary/aromatic N) is 4. The van der Waals surface area contributed by atoms with E-state index in [-0.39, 0.29) is 6.03 Å². The second kappa shape index (κ2) is 5.36. The molecule has 106 valence electrons. The molecular formula is C13H18N6O. The first-order chi connectivity index (χ1) is 9.70. The summed E-state index contributed by atoms with van der Waals surface area (Å²) < 4.78 is 3.81. The molecule has 0 spiro atoms. The van der Waals surface area contributed by atoms with Gasteiger partial charge in [-0.15, -0.1) is 0 Å². The van der Waals surface area contributed by atoms with Crippen molar-refractivity contribution >= 4 is 11.8 Å². The molecule has 0 unspecified atom stereocenters. The molecule has 20 heavy (non-hydrogen) atoms. The molecule has 0 aliphatic carbocycles. The largest absolute Gasteiger partial charge is 0.337 e. The Morgan fingerprint density at radius 1 is 1.50 bits per heavy atom. The lowest BCUT2D eigenvalue weighted by molar-refractivity contribution is 0.247. The molecule has 0 saturated carbocycles. The second-order valence-electron chi connectivity index (χ2n) is 5.11. The molecule has 1 atom stereocenters. The van der Waals surface area contributed by atoms with Crippen molar-refractivity contribution in [3.05, 3.63) is 30.5 Å². The van der Waals surface area contributed by atoms with Gasteiger partial charge < -0.3 is 9.88 Å². The highest BCUT2D eigenvalue weighted by atomic mass is 16.2. The molecule has 1 aliphatic rings. The van der Waals surface area contributed by atoms with Crippen molar-refractivity contribution < 1.29 is 4.79 Å². The van der Waals surface area contributed by atoms with Crippen molar-refractivity contribution in [2.75, 3.05) is 11.9 Å². The zero-order valence-corrected chi connectivity index (χ0v) is 11.4. The van der Waals surface area contributed by atoms with Crippen LogP contribution in [0.25, 0.3) is 0 Å². The van der Waals surface area contributed by atoms with Crippen LogP contribution in [0, 0.1) is 5.92 Å². The molecule has 0 radical (unpaired) electrons. The molecule has 2 N–H and O–H groups in total. The molecule has 3 rings (SSSR count). The summed E-state index contributed by atoms with van der Waals surface area (Å²) in [5.74, 6) is 2.15. The number of amides is 2. The number of carbonyl (C=O) groups is 1. The number of fused-ring (bicyclic) bond motifs is 1. The molecule has 2 amide bonds. The van der Waals surface area contributed by atoms with E-state index in [2.05, 4.69) is 25.3 Å². The highest BCUT2D eigenvalue weighted by molar-refractivity contribution is 5.88. The summed E-state index contributed by atoms with van der Waals surface area (Å²) in [5.41, 5.74) is 0. The number of rotatable bonds is 3. The lowest BCUT2D eigenvalue weighted by Gasteiger charge is -2.23. The van der Waals surface area contributed by atoms with Gasteiger partial charge in [0.2, 0.25) is 0 Å². The Morgan fingerprint density at radius 2 is 2.40 bits per heavy atom. The average Bonchev–Trinajstić information content (AvgIpc) is 3.04. The average molecular weight is 274 g/mol. The van der Waals surface area contributed by atoms with E-state index in [1.165, 1.54) is 0 Å². The van der Waals surface area contributed by atoms with Gasteiger partial charge in [0.1, 0.15) is 5.82 Å². The van der Waals surface area contributed by atoms with Crippen molar-refractivity contribution in [3.8, 4) is 0 Å². The molecule has 7 heteroatoms. The van der Waals surface area contributed by atoms with Crippen molar-refractivity contribution in [3.63, 3.8) is 0 Å². The minimum atomic E-state index is -0.208. The number of carbonyl (C=O) groups excluding carboxylic acids is 1. The van der Waals surface area contributed by atoms with Crippen LogP contribution in [0.2, 0.25) is 0 Å². The van der Waals surface area contributed by atoms with Crippen molar-refractivity contribution in [2.24, 2.45) is 13.0 Å². The molecule has 0 fully saturated rings. The number of anilines is 1. The molecule has 0 saturated heterocycles. The van der Waals surface area contributed by atoms with Crippen LogP contribution in [0.5, 0.6) is 0 Å². The van der Waals surface area contributed by atoms with Crippen molar-refractivity contribution in [1.29, 1.82) is 0 Å². The Morgan fingerprint density at radius 3 is 3.20 bits per heavy atom. The Hall–Kier alpha value is -2.31. The monoisotopic (exact) mass is 274 g/mol. The number of hydrogen-bond acceptors (Lipinski definition) is 3. The van der Waals surface area contributed by atoms with Gasteiger partial charge in [0, 0.05) is 51.2 Å². The zero-order chi connectivity index (χ0) is 13.9. The minimum absolute atomic E-state index is 0.208. The summed E-state index contributed by atoms with van der Waals surface area (Å²) in [6, 6.07) is 1.55. The second-order valence-corrected chi connectivity index (χ2v) is 5.11. The van der Waals surface area contributed by atoms with Crippen LogP contribution in [0.4, 0.5) is 10.6 Å². The Kier molecular flexibility index (Phi) is 3.41. The van der Waals surface area contributed by atoms with Gasteiger partial charge in [0.05, 0.1) is 0 Å². The smallest absolute Gasteiger partial charge is 0.320 e. The fourth-order valence-electron chi connectivity index (χ4n) is 2.48. The van der Waals surface area contributed by atoms with Crippen LogP contribution >= 0.6 is 0 Å². The van der Waals surface area contributed by atoms with E-state index in [1.54, 1.807) is 16.9 Å². The Bertz CT molecular complexity index is 602. The molecule has 7 nitrogen and oxygen atoms in total. The van der Waals surface area contributed by atoms with Crippen LogP contribution in [-0.4, -0.2) is 31.9 Å². The van der Waals surface area contributed by atoms with Gasteiger partial charge in [0.15, 0.2) is 5.82 Å². The molecule has 3 heterocycles. The molecular weight excluding hydrogens is 256 g/mol. The molecule has 2 aromatic rings. The van der Waals surface area contributed by atoms with Gasteiger partial charge in [-0.3, -0.25) is 10.00 Å². The maximum absolute atomic E-state index is 11.8. The number of aromatic nitrogens is 4. The van der Waals surface area contributed by atoms with Gasteiger partial charge >= 0.3 is 6.03 Å². The van der Waals surface area contributed by atoms with E-state index in [1.807, 2.05) is 19.4 Å². The van der Waals surface area contributed by atoms with E-state index >= 15 is 0 Å². The third-order valence-electron chi connectivity index (χ3n) is 3.54. The van der Waals surface area contributed by atoms with Crippen LogP contribution in [0.15, 0.2) is 24.7 Å². The predicted molar refractivity (Wildman–Crippen MR) is 74.3 cm³/mol. The van der Waals surface area contributed by atoms with Gasteiger partial charge in [0.25, 0.3) is 0 Å². The van der Waals surface area contributed by atoms with E-state index < -0.39 is 0 Å². The number of imidazole rings is 1. The van der Waals surface area contributed by atoms with E-state index in [4.69, 9.17) is 0 Å². The highest BCUT2D eigenvalue weighted by Gasteiger charge is 2.19. The Labute approximate surface area is 117 Å². The lowest BCUT2D eigenvalue weighted by atomic mass is 9.99. The summed E-state index contributed by atoms with van der Waals surface area (Å²) in [7, 11) is 1.81. The van der Waals surface area contributed by atoms with E-state index in [0.717, 1.165) is 25.2 Å². The van der Waals surface area contributed by atoms with Crippen LogP contribution < -0.4 is 10.6 Å².